The lowest BCUT2D eigenvalue weighted by atomic mass is 10.2. The Morgan fingerprint density at radius 1 is 1.36 bits per heavy atom. The van der Waals surface area contributed by atoms with E-state index in [1.165, 1.54) is 24.3 Å². The van der Waals surface area contributed by atoms with Crippen LogP contribution in [0.2, 0.25) is 0 Å². The van der Waals surface area contributed by atoms with Gasteiger partial charge in [-0.25, -0.2) is 0 Å². The SMILES string of the molecule is C=C/C=C\C(=C)C(=O)C[S+]1CCCC1. The van der Waals surface area contributed by atoms with Crippen LogP contribution < -0.4 is 0 Å². The summed E-state index contributed by atoms with van der Waals surface area (Å²) in [6.45, 7) is 7.31. The molecule has 0 N–H and O–H groups in total. The predicted molar refractivity (Wildman–Crippen MR) is 64.7 cm³/mol. The van der Waals surface area contributed by atoms with Gasteiger partial charge in [0.05, 0.1) is 0 Å². The van der Waals surface area contributed by atoms with Crippen LogP contribution in [0.4, 0.5) is 0 Å². The molecule has 1 aliphatic heterocycles. The molecule has 14 heavy (non-hydrogen) atoms. The summed E-state index contributed by atoms with van der Waals surface area (Å²) in [5.41, 5.74) is 0.615. The minimum absolute atomic E-state index is 0.202. The molecule has 0 atom stereocenters. The Labute approximate surface area is 88.9 Å². The van der Waals surface area contributed by atoms with Gasteiger partial charge in [-0.05, 0) is 23.7 Å². The fourth-order valence-electron chi connectivity index (χ4n) is 1.41. The van der Waals surface area contributed by atoms with Gasteiger partial charge >= 0.3 is 0 Å². The van der Waals surface area contributed by atoms with E-state index >= 15 is 0 Å². The minimum Gasteiger partial charge on any atom is -0.289 e. The Morgan fingerprint density at radius 3 is 2.57 bits per heavy atom. The van der Waals surface area contributed by atoms with E-state index in [-0.39, 0.29) is 5.78 Å². The third-order valence-corrected chi connectivity index (χ3v) is 4.65. The van der Waals surface area contributed by atoms with Crippen molar-refractivity contribution in [1.29, 1.82) is 0 Å². The van der Waals surface area contributed by atoms with E-state index in [0.717, 1.165) is 0 Å². The van der Waals surface area contributed by atoms with E-state index in [9.17, 15) is 4.79 Å². The summed E-state index contributed by atoms with van der Waals surface area (Å²) >= 11 is 0. The summed E-state index contributed by atoms with van der Waals surface area (Å²) < 4.78 is 0. The number of carbonyl (C=O) groups excluding carboxylic acids is 1. The van der Waals surface area contributed by atoms with E-state index < -0.39 is 0 Å². The van der Waals surface area contributed by atoms with Crippen molar-refractivity contribution in [1.82, 2.24) is 0 Å². The van der Waals surface area contributed by atoms with Crippen LogP contribution in [0.25, 0.3) is 0 Å². The summed E-state index contributed by atoms with van der Waals surface area (Å²) in [6.07, 6.45) is 7.76. The van der Waals surface area contributed by atoms with Gasteiger partial charge in [0, 0.05) is 5.57 Å². The van der Waals surface area contributed by atoms with Crippen LogP contribution in [0, 0.1) is 0 Å². The number of rotatable bonds is 5. The first-order valence-corrected chi connectivity index (χ1v) is 6.62. The first-order valence-electron chi connectivity index (χ1n) is 4.89. The molecule has 0 bridgehead atoms. The van der Waals surface area contributed by atoms with Crippen LogP contribution in [0.1, 0.15) is 12.8 Å². The van der Waals surface area contributed by atoms with Crippen LogP contribution in [0.3, 0.4) is 0 Å². The molecule has 0 amide bonds. The van der Waals surface area contributed by atoms with E-state index in [4.69, 9.17) is 0 Å². The van der Waals surface area contributed by atoms with Crippen LogP contribution in [0.5, 0.6) is 0 Å². The summed E-state index contributed by atoms with van der Waals surface area (Å²) in [7, 11) is 0.346. The second-order valence-corrected chi connectivity index (χ2v) is 5.75. The fourth-order valence-corrected chi connectivity index (χ4v) is 3.69. The molecule has 0 aromatic rings. The summed E-state index contributed by atoms with van der Waals surface area (Å²) in [5, 5.41) is 0. The molecule has 0 unspecified atom stereocenters. The second kappa shape index (κ2) is 5.86. The highest BCUT2D eigenvalue weighted by atomic mass is 32.2. The van der Waals surface area contributed by atoms with Crippen molar-refractivity contribution in [3.05, 3.63) is 37.0 Å². The third kappa shape index (κ3) is 3.54. The topological polar surface area (TPSA) is 17.1 Å². The third-order valence-electron chi connectivity index (χ3n) is 2.24. The summed E-state index contributed by atoms with van der Waals surface area (Å²) in [4.78, 5) is 11.6. The molecule has 0 radical (unpaired) electrons. The van der Waals surface area contributed by atoms with E-state index in [0.29, 0.717) is 22.2 Å². The zero-order valence-corrected chi connectivity index (χ0v) is 9.31. The Morgan fingerprint density at radius 2 is 2.00 bits per heavy atom. The molecule has 0 aliphatic carbocycles. The van der Waals surface area contributed by atoms with Crippen molar-refractivity contribution in [2.45, 2.75) is 12.8 Å². The van der Waals surface area contributed by atoms with Gasteiger partial charge in [0.1, 0.15) is 11.5 Å². The lowest BCUT2D eigenvalue weighted by Gasteiger charge is -1.99. The molecule has 0 aromatic heterocycles. The highest BCUT2D eigenvalue weighted by molar-refractivity contribution is 7.97. The van der Waals surface area contributed by atoms with Gasteiger partial charge < -0.3 is 0 Å². The molecule has 0 aromatic carbocycles. The molecular formula is C12H17OS+. The number of Topliss-reactive ketones (excluding diaryl/α,β-unsaturated/α-hetero) is 1. The Bertz CT molecular complexity index is 259. The van der Waals surface area contributed by atoms with Crippen molar-refractivity contribution < 1.29 is 4.79 Å². The van der Waals surface area contributed by atoms with Crippen LogP contribution >= 0.6 is 0 Å². The number of hydrogen-bond donors (Lipinski definition) is 0. The highest BCUT2D eigenvalue weighted by Crippen LogP contribution is 2.14. The van der Waals surface area contributed by atoms with Gasteiger partial charge in [0.2, 0.25) is 5.78 Å². The summed E-state index contributed by atoms with van der Waals surface area (Å²) in [5.74, 6) is 3.39. The van der Waals surface area contributed by atoms with Gasteiger partial charge in [-0.2, -0.15) is 0 Å². The molecule has 76 valence electrons. The average molecular weight is 209 g/mol. The van der Waals surface area contributed by atoms with Crippen molar-refractivity contribution in [2.24, 2.45) is 0 Å². The lowest BCUT2D eigenvalue weighted by molar-refractivity contribution is -0.112. The van der Waals surface area contributed by atoms with Gasteiger partial charge in [0.25, 0.3) is 0 Å². The predicted octanol–water partition coefficient (Wildman–Crippen LogP) is 2.27. The normalized spacial score (nSPS) is 17.4. The van der Waals surface area contributed by atoms with Crippen LogP contribution in [-0.4, -0.2) is 23.0 Å². The highest BCUT2D eigenvalue weighted by Gasteiger charge is 2.27. The maximum atomic E-state index is 11.6. The second-order valence-electron chi connectivity index (χ2n) is 3.42. The molecule has 1 fully saturated rings. The maximum absolute atomic E-state index is 11.6. The van der Waals surface area contributed by atoms with E-state index in [1.54, 1.807) is 18.2 Å². The first-order chi connectivity index (χ1) is 6.74. The summed E-state index contributed by atoms with van der Waals surface area (Å²) in [6, 6.07) is 0. The Balaban J connectivity index is 2.36. The van der Waals surface area contributed by atoms with Gasteiger partial charge in [0.15, 0.2) is 5.75 Å². The Hall–Kier alpha value is -0.760. The van der Waals surface area contributed by atoms with E-state index in [1.807, 2.05) is 0 Å². The standard InChI is InChI=1S/C12H17OS/c1-3-4-7-11(2)12(13)10-14-8-5-6-9-14/h3-4,7H,1-2,5-6,8-10H2/q+1/b7-4-. The quantitative estimate of drug-likeness (QED) is 0.386. The number of ketones is 1. The molecule has 0 saturated carbocycles. The van der Waals surface area contributed by atoms with Crippen molar-refractivity contribution >= 4 is 16.7 Å². The molecular weight excluding hydrogens is 192 g/mol. The van der Waals surface area contributed by atoms with Gasteiger partial charge in [-0.1, -0.05) is 31.4 Å². The number of hydrogen-bond acceptors (Lipinski definition) is 1. The molecule has 1 rings (SSSR count). The zero-order valence-electron chi connectivity index (χ0n) is 8.50. The van der Waals surface area contributed by atoms with Crippen molar-refractivity contribution in [3.8, 4) is 0 Å². The molecule has 1 nitrogen and oxygen atoms in total. The lowest BCUT2D eigenvalue weighted by Crippen LogP contribution is -2.18. The molecule has 2 heteroatoms. The zero-order chi connectivity index (χ0) is 10.4. The monoisotopic (exact) mass is 209 g/mol. The van der Waals surface area contributed by atoms with E-state index in [2.05, 4.69) is 13.2 Å². The van der Waals surface area contributed by atoms with Crippen molar-refractivity contribution in [2.75, 3.05) is 17.3 Å². The van der Waals surface area contributed by atoms with Crippen molar-refractivity contribution in [3.63, 3.8) is 0 Å². The van der Waals surface area contributed by atoms with Crippen LogP contribution in [-0.2, 0) is 15.7 Å². The smallest absolute Gasteiger partial charge is 0.211 e. The largest absolute Gasteiger partial charge is 0.289 e. The van der Waals surface area contributed by atoms with Gasteiger partial charge in [-0.3, -0.25) is 4.79 Å². The molecule has 0 spiro atoms. The first kappa shape index (κ1) is 11.3. The number of allylic oxidation sites excluding steroid dienone is 4. The molecule has 1 heterocycles. The van der Waals surface area contributed by atoms with Crippen LogP contribution in [0.15, 0.2) is 37.0 Å². The Kier molecular flexibility index (Phi) is 4.74. The molecule has 1 aliphatic rings. The fraction of sp³-hybridized carbons (Fsp3) is 0.417. The maximum Gasteiger partial charge on any atom is 0.211 e. The van der Waals surface area contributed by atoms with Gasteiger partial charge in [-0.15, -0.1) is 0 Å². The minimum atomic E-state index is 0.202. The number of carbonyl (C=O) groups is 1. The average Bonchev–Trinajstić information content (AvgIpc) is 2.66. The molecule has 1 saturated heterocycles.